The van der Waals surface area contributed by atoms with Gasteiger partial charge in [-0.15, -0.1) is 0 Å². The van der Waals surface area contributed by atoms with Crippen LogP contribution >= 0.6 is 0 Å². The van der Waals surface area contributed by atoms with Gasteiger partial charge in [-0.25, -0.2) is 0 Å². The van der Waals surface area contributed by atoms with Gasteiger partial charge >= 0.3 is 5.97 Å². The number of carbonyl (C=O) groups is 1. The summed E-state index contributed by atoms with van der Waals surface area (Å²) in [5.41, 5.74) is 1.07. The Bertz CT molecular complexity index is 262. The molecule has 92 valence electrons. The van der Waals surface area contributed by atoms with E-state index in [0.717, 1.165) is 31.3 Å². The van der Waals surface area contributed by atoms with Crippen LogP contribution in [0.1, 0.15) is 53.4 Å². The average Bonchev–Trinajstić information content (AvgIpc) is 2.16. The maximum Gasteiger partial charge on any atom is 0.308 e. The van der Waals surface area contributed by atoms with Crippen molar-refractivity contribution in [2.45, 2.75) is 53.4 Å². The van der Waals surface area contributed by atoms with Crippen LogP contribution in [0.2, 0.25) is 0 Å². The molecule has 0 aliphatic carbocycles. The number of rotatable bonds is 7. The number of carbonyl (C=O) groups excluding carboxylic acids is 1. The first-order valence-electron chi connectivity index (χ1n) is 6.04. The van der Waals surface area contributed by atoms with Crippen LogP contribution < -0.4 is 0 Å². The fraction of sp³-hybridized carbons (Fsp3) is 0.643. The zero-order chi connectivity index (χ0) is 12.6. The van der Waals surface area contributed by atoms with E-state index < -0.39 is 0 Å². The van der Waals surface area contributed by atoms with Crippen molar-refractivity contribution in [2.24, 2.45) is 5.92 Å². The van der Waals surface area contributed by atoms with Crippen molar-refractivity contribution in [1.29, 1.82) is 0 Å². The van der Waals surface area contributed by atoms with Crippen molar-refractivity contribution in [3.63, 3.8) is 0 Å². The molecular weight excluding hydrogens is 200 g/mol. The van der Waals surface area contributed by atoms with Crippen LogP contribution in [0.25, 0.3) is 0 Å². The lowest BCUT2D eigenvalue weighted by Crippen LogP contribution is -2.01. The lowest BCUT2D eigenvalue weighted by Gasteiger charge is -2.11. The fourth-order valence-electron chi connectivity index (χ4n) is 1.34. The highest BCUT2D eigenvalue weighted by molar-refractivity contribution is 5.68. The van der Waals surface area contributed by atoms with Gasteiger partial charge in [-0.3, -0.25) is 4.79 Å². The highest BCUT2D eigenvalue weighted by Crippen LogP contribution is 2.19. The van der Waals surface area contributed by atoms with E-state index in [0.29, 0.717) is 11.7 Å². The number of hydrogen-bond acceptors (Lipinski definition) is 2. The van der Waals surface area contributed by atoms with E-state index in [1.165, 1.54) is 6.92 Å². The summed E-state index contributed by atoms with van der Waals surface area (Å²) in [5, 5.41) is 0. The van der Waals surface area contributed by atoms with Crippen molar-refractivity contribution in [1.82, 2.24) is 0 Å². The lowest BCUT2D eigenvalue weighted by atomic mass is 10.0. The molecule has 16 heavy (non-hydrogen) atoms. The van der Waals surface area contributed by atoms with Gasteiger partial charge in [0.1, 0.15) is 5.76 Å². The Kier molecular flexibility index (Phi) is 7.61. The first-order chi connectivity index (χ1) is 7.47. The maximum atomic E-state index is 10.9. The predicted molar refractivity (Wildman–Crippen MR) is 68.0 cm³/mol. The molecule has 0 amide bonds. The van der Waals surface area contributed by atoms with Gasteiger partial charge in [0.25, 0.3) is 0 Å². The second-order valence-corrected chi connectivity index (χ2v) is 4.48. The molecule has 0 N–H and O–H groups in total. The Labute approximate surface area is 99.4 Å². The monoisotopic (exact) mass is 224 g/mol. The van der Waals surface area contributed by atoms with Gasteiger partial charge in [-0.05, 0) is 30.8 Å². The van der Waals surface area contributed by atoms with Gasteiger partial charge in [0.05, 0.1) is 0 Å². The molecule has 0 radical (unpaired) electrons. The topological polar surface area (TPSA) is 26.3 Å². The second kappa shape index (κ2) is 8.14. The summed E-state index contributed by atoms with van der Waals surface area (Å²) in [4.78, 5) is 10.9. The Morgan fingerprint density at radius 2 is 2.06 bits per heavy atom. The number of esters is 1. The van der Waals surface area contributed by atoms with Gasteiger partial charge in [0.2, 0.25) is 0 Å². The second-order valence-electron chi connectivity index (χ2n) is 4.48. The van der Waals surface area contributed by atoms with E-state index in [4.69, 9.17) is 4.74 Å². The third-order valence-electron chi connectivity index (χ3n) is 2.26. The predicted octanol–water partition coefficient (Wildman–Crippen LogP) is 4.23. The van der Waals surface area contributed by atoms with E-state index in [-0.39, 0.29) is 5.97 Å². The minimum absolute atomic E-state index is 0.294. The molecule has 0 saturated heterocycles. The number of unbranched alkanes of at least 4 members (excludes halogenated alkanes) is 1. The molecule has 0 rings (SSSR count). The van der Waals surface area contributed by atoms with E-state index >= 15 is 0 Å². The van der Waals surface area contributed by atoms with Crippen molar-refractivity contribution in [2.75, 3.05) is 0 Å². The van der Waals surface area contributed by atoms with Crippen molar-refractivity contribution in [3.8, 4) is 0 Å². The summed E-state index contributed by atoms with van der Waals surface area (Å²) < 4.78 is 5.04. The van der Waals surface area contributed by atoms with Crippen molar-refractivity contribution >= 4 is 5.97 Å². The van der Waals surface area contributed by atoms with Gasteiger partial charge in [0, 0.05) is 6.92 Å². The van der Waals surface area contributed by atoms with Crippen molar-refractivity contribution in [3.05, 3.63) is 24.0 Å². The Hall–Kier alpha value is -1.05. The molecule has 0 heterocycles. The molecule has 0 aromatic rings. The maximum absolute atomic E-state index is 10.9. The minimum atomic E-state index is -0.294. The standard InChI is InChI=1S/C14H24O2/c1-6-7-8-14(10-9-11(2)3)12(4)16-13(5)15/h10-11H,4,6-9H2,1-3,5H3/b14-10+. The van der Waals surface area contributed by atoms with Gasteiger partial charge in [-0.2, -0.15) is 0 Å². The molecule has 0 saturated carbocycles. The SMILES string of the molecule is C=C(OC(C)=O)/C(=C/CC(C)C)CCCC. The number of allylic oxidation sites excluding steroid dienone is 2. The highest BCUT2D eigenvalue weighted by atomic mass is 16.5. The molecule has 0 fully saturated rings. The van der Waals surface area contributed by atoms with Crippen LogP contribution in [0.3, 0.4) is 0 Å². The summed E-state index contributed by atoms with van der Waals surface area (Å²) in [5.74, 6) is 0.834. The lowest BCUT2D eigenvalue weighted by molar-refractivity contribution is -0.136. The molecule has 0 aliphatic heterocycles. The van der Waals surface area contributed by atoms with Crippen LogP contribution in [0, 0.1) is 5.92 Å². The third-order valence-corrected chi connectivity index (χ3v) is 2.26. The van der Waals surface area contributed by atoms with Crippen LogP contribution in [-0.4, -0.2) is 5.97 Å². The minimum Gasteiger partial charge on any atom is -0.427 e. The molecule has 0 aromatic carbocycles. The average molecular weight is 224 g/mol. The van der Waals surface area contributed by atoms with Crippen molar-refractivity contribution < 1.29 is 9.53 Å². The van der Waals surface area contributed by atoms with Gasteiger partial charge < -0.3 is 4.74 Å². The Morgan fingerprint density at radius 1 is 1.44 bits per heavy atom. The molecular formula is C14H24O2. The smallest absolute Gasteiger partial charge is 0.308 e. The normalized spacial score (nSPS) is 11.7. The summed E-state index contributed by atoms with van der Waals surface area (Å²) in [7, 11) is 0. The molecule has 0 spiro atoms. The fourth-order valence-corrected chi connectivity index (χ4v) is 1.34. The van der Waals surface area contributed by atoms with Crippen LogP contribution in [0.4, 0.5) is 0 Å². The van der Waals surface area contributed by atoms with E-state index in [1.807, 2.05) is 0 Å². The number of ether oxygens (including phenoxy) is 1. The van der Waals surface area contributed by atoms with E-state index in [2.05, 4.69) is 33.4 Å². The van der Waals surface area contributed by atoms with Crippen LogP contribution in [-0.2, 0) is 9.53 Å². The Morgan fingerprint density at radius 3 is 2.50 bits per heavy atom. The summed E-state index contributed by atoms with van der Waals surface area (Å²) in [6.45, 7) is 11.7. The summed E-state index contributed by atoms with van der Waals surface area (Å²) >= 11 is 0. The molecule has 2 heteroatoms. The molecule has 0 aromatic heterocycles. The molecule has 2 nitrogen and oxygen atoms in total. The van der Waals surface area contributed by atoms with Crippen LogP contribution in [0.5, 0.6) is 0 Å². The molecule has 0 aliphatic rings. The Balaban J connectivity index is 4.45. The highest BCUT2D eigenvalue weighted by Gasteiger charge is 2.06. The summed E-state index contributed by atoms with van der Waals surface area (Å²) in [6, 6.07) is 0. The molecule has 0 bridgehead atoms. The first kappa shape index (κ1) is 14.9. The molecule has 0 unspecified atom stereocenters. The van der Waals surface area contributed by atoms with E-state index in [1.54, 1.807) is 0 Å². The zero-order valence-corrected chi connectivity index (χ0v) is 11.0. The third kappa shape index (κ3) is 7.27. The van der Waals surface area contributed by atoms with Crippen LogP contribution in [0.15, 0.2) is 24.0 Å². The quantitative estimate of drug-likeness (QED) is 0.367. The van der Waals surface area contributed by atoms with Gasteiger partial charge in [-0.1, -0.05) is 39.8 Å². The largest absolute Gasteiger partial charge is 0.427 e. The van der Waals surface area contributed by atoms with Gasteiger partial charge in [0.15, 0.2) is 0 Å². The number of hydrogen-bond donors (Lipinski definition) is 0. The van der Waals surface area contributed by atoms with E-state index in [9.17, 15) is 4.79 Å². The molecule has 0 atom stereocenters. The summed E-state index contributed by atoms with van der Waals surface area (Å²) in [6.07, 6.45) is 6.32. The zero-order valence-electron chi connectivity index (χ0n) is 11.0. The first-order valence-corrected chi connectivity index (χ1v) is 6.04.